The van der Waals surface area contributed by atoms with Crippen LogP contribution in [0.1, 0.15) is 41.6 Å². The molecule has 4 rings (SSSR count). The summed E-state index contributed by atoms with van der Waals surface area (Å²) >= 11 is 0. The normalized spacial score (nSPS) is 15.5. The van der Waals surface area contributed by atoms with Gasteiger partial charge >= 0.3 is 0 Å². The SMILES string of the molecule is COc1cc(OC)cc(C(=O)N(Cc2ccc3c(c2)OCO3)C2CCCC2)c1. The summed E-state index contributed by atoms with van der Waals surface area (Å²) < 4.78 is 21.6. The van der Waals surface area contributed by atoms with Crippen molar-refractivity contribution in [1.82, 2.24) is 4.90 Å². The lowest BCUT2D eigenvalue weighted by molar-refractivity contribution is 0.0663. The van der Waals surface area contributed by atoms with Crippen LogP contribution in [-0.4, -0.2) is 37.9 Å². The molecule has 1 saturated carbocycles. The molecule has 28 heavy (non-hydrogen) atoms. The van der Waals surface area contributed by atoms with E-state index in [1.165, 1.54) is 0 Å². The van der Waals surface area contributed by atoms with E-state index in [-0.39, 0.29) is 18.7 Å². The maximum Gasteiger partial charge on any atom is 0.254 e. The molecule has 2 aliphatic rings. The van der Waals surface area contributed by atoms with E-state index >= 15 is 0 Å². The van der Waals surface area contributed by atoms with Gasteiger partial charge in [-0.2, -0.15) is 0 Å². The average Bonchev–Trinajstić information content (AvgIpc) is 3.42. The highest BCUT2D eigenvalue weighted by Crippen LogP contribution is 2.34. The zero-order chi connectivity index (χ0) is 19.5. The van der Waals surface area contributed by atoms with Crippen LogP contribution in [0.15, 0.2) is 36.4 Å². The first kappa shape index (κ1) is 18.5. The number of benzene rings is 2. The molecule has 0 spiro atoms. The molecule has 0 unspecified atom stereocenters. The zero-order valence-corrected chi connectivity index (χ0v) is 16.3. The lowest BCUT2D eigenvalue weighted by Gasteiger charge is -2.29. The van der Waals surface area contributed by atoms with Crippen molar-refractivity contribution in [1.29, 1.82) is 0 Å². The van der Waals surface area contributed by atoms with E-state index in [4.69, 9.17) is 18.9 Å². The van der Waals surface area contributed by atoms with Crippen LogP contribution in [0.3, 0.4) is 0 Å². The fraction of sp³-hybridized carbons (Fsp3) is 0.409. The van der Waals surface area contributed by atoms with Crippen LogP contribution in [0.5, 0.6) is 23.0 Å². The van der Waals surface area contributed by atoms with Crippen molar-refractivity contribution < 1.29 is 23.7 Å². The van der Waals surface area contributed by atoms with E-state index in [1.54, 1.807) is 32.4 Å². The van der Waals surface area contributed by atoms with Gasteiger partial charge in [0.1, 0.15) is 11.5 Å². The first-order valence-corrected chi connectivity index (χ1v) is 9.60. The summed E-state index contributed by atoms with van der Waals surface area (Å²) in [6.07, 6.45) is 4.35. The molecule has 1 aliphatic heterocycles. The number of nitrogens with zero attached hydrogens (tertiary/aromatic N) is 1. The van der Waals surface area contributed by atoms with Crippen LogP contribution >= 0.6 is 0 Å². The van der Waals surface area contributed by atoms with Crippen LogP contribution in [0, 0.1) is 0 Å². The lowest BCUT2D eigenvalue weighted by atomic mass is 10.1. The van der Waals surface area contributed by atoms with Gasteiger partial charge in [0.2, 0.25) is 6.79 Å². The Morgan fingerprint density at radius 3 is 2.36 bits per heavy atom. The van der Waals surface area contributed by atoms with Gasteiger partial charge in [-0.05, 0) is 42.7 Å². The third-order valence-electron chi connectivity index (χ3n) is 5.41. The monoisotopic (exact) mass is 383 g/mol. The van der Waals surface area contributed by atoms with Crippen molar-refractivity contribution in [3.63, 3.8) is 0 Å². The Labute approximate surface area is 165 Å². The Kier molecular flexibility index (Phi) is 5.28. The summed E-state index contributed by atoms with van der Waals surface area (Å²) in [6, 6.07) is 11.4. The second-order valence-electron chi connectivity index (χ2n) is 7.16. The second-order valence-corrected chi connectivity index (χ2v) is 7.16. The zero-order valence-electron chi connectivity index (χ0n) is 16.3. The van der Waals surface area contributed by atoms with Crippen LogP contribution in [0.25, 0.3) is 0 Å². The van der Waals surface area contributed by atoms with Crippen LogP contribution in [0.4, 0.5) is 0 Å². The number of hydrogen-bond donors (Lipinski definition) is 0. The molecule has 6 nitrogen and oxygen atoms in total. The molecule has 2 aromatic carbocycles. The van der Waals surface area contributed by atoms with Gasteiger partial charge in [-0.3, -0.25) is 4.79 Å². The number of rotatable bonds is 6. The summed E-state index contributed by atoms with van der Waals surface area (Å²) in [5, 5.41) is 0. The molecule has 0 N–H and O–H groups in total. The van der Waals surface area contributed by atoms with E-state index in [0.717, 1.165) is 42.7 Å². The first-order valence-electron chi connectivity index (χ1n) is 9.60. The van der Waals surface area contributed by atoms with E-state index in [2.05, 4.69) is 0 Å². The number of hydrogen-bond acceptors (Lipinski definition) is 5. The second kappa shape index (κ2) is 8.00. The summed E-state index contributed by atoms with van der Waals surface area (Å²) in [6.45, 7) is 0.771. The predicted molar refractivity (Wildman–Crippen MR) is 104 cm³/mol. The molecule has 2 aromatic rings. The van der Waals surface area contributed by atoms with E-state index in [0.29, 0.717) is 23.6 Å². The van der Waals surface area contributed by atoms with Crippen molar-refractivity contribution in [3.05, 3.63) is 47.5 Å². The molecule has 0 aromatic heterocycles. The lowest BCUT2D eigenvalue weighted by Crippen LogP contribution is -2.38. The topological polar surface area (TPSA) is 57.2 Å². The summed E-state index contributed by atoms with van der Waals surface area (Å²) in [5.74, 6) is 2.69. The number of fused-ring (bicyclic) bond motifs is 1. The van der Waals surface area contributed by atoms with Gasteiger partial charge in [-0.1, -0.05) is 18.9 Å². The van der Waals surface area contributed by atoms with Gasteiger partial charge < -0.3 is 23.8 Å². The third kappa shape index (κ3) is 3.72. The van der Waals surface area contributed by atoms with Gasteiger partial charge in [0.15, 0.2) is 11.5 Å². The Morgan fingerprint density at radius 1 is 1.00 bits per heavy atom. The molecule has 1 aliphatic carbocycles. The van der Waals surface area contributed by atoms with Crippen molar-refractivity contribution in [2.24, 2.45) is 0 Å². The smallest absolute Gasteiger partial charge is 0.254 e. The highest BCUT2D eigenvalue weighted by Gasteiger charge is 2.28. The molecule has 148 valence electrons. The predicted octanol–water partition coefficient (Wildman–Crippen LogP) is 4.02. The van der Waals surface area contributed by atoms with Gasteiger partial charge in [0.25, 0.3) is 5.91 Å². The van der Waals surface area contributed by atoms with E-state index in [1.807, 2.05) is 23.1 Å². The number of methoxy groups -OCH3 is 2. The molecule has 1 amide bonds. The van der Waals surface area contributed by atoms with Crippen molar-refractivity contribution in [2.45, 2.75) is 38.3 Å². The fourth-order valence-electron chi connectivity index (χ4n) is 3.92. The molecule has 6 heteroatoms. The van der Waals surface area contributed by atoms with Gasteiger partial charge in [0, 0.05) is 24.2 Å². The Hall–Kier alpha value is -2.89. The first-order chi connectivity index (χ1) is 13.7. The third-order valence-corrected chi connectivity index (χ3v) is 5.41. The number of amides is 1. The summed E-state index contributed by atoms with van der Waals surface area (Å²) in [5.41, 5.74) is 1.60. The standard InChI is InChI=1S/C22H25NO5/c1-25-18-10-16(11-19(12-18)26-2)22(24)23(17-5-3-4-6-17)13-15-7-8-20-21(9-15)28-14-27-20/h7-12,17H,3-6,13-14H2,1-2H3. The van der Waals surface area contributed by atoms with Crippen LogP contribution < -0.4 is 18.9 Å². The molecule has 0 atom stereocenters. The molecular formula is C22H25NO5. The largest absolute Gasteiger partial charge is 0.497 e. The average molecular weight is 383 g/mol. The minimum atomic E-state index is -0.0123. The summed E-state index contributed by atoms with van der Waals surface area (Å²) in [4.78, 5) is 15.4. The molecule has 0 saturated heterocycles. The minimum absolute atomic E-state index is 0.0123. The highest BCUT2D eigenvalue weighted by molar-refractivity contribution is 5.95. The van der Waals surface area contributed by atoms with Crippen molar-refractivity contribution in [2.75, 3.05) is 21.0 Å². The molecule has 1 heterocycles. The van der Waals surface area contributed by atoms with Crippen molar-refractivity contribution in [3.8, 4) is 23.0 Å². The Balaban J connectivity index is 1.63. The fourth-order valence-corrected chi connectivity index (χ4v) is 3.92. The van der Waals surface area contributed by atoms with Crippen LogP contribution in [0.2, 0.25) is 0 Å². The van der Waals surface area contributed by atoms with Gasteiger partial charge in [0.05, 0.1) is 14.2 Å². The summed E-state index contributed by atoms with van der Waals surface area (Å²) in [7, 11) is 3.18. The van der Waals surface area contributed by atoms with Gasteiger partial charge in [-0.25, -0.2) is 0 Å². The maximum atomic E-state index is 13.5. The van der Waals surface area contributed by atoms with Crippen LogP contribution in [-0.2, 0) is 6.54 Å². The molecule has 0 radical (unpaired) electrons. The van der Waals surface area contributed by atoms with E-state index < -0.39 is 0 Å². The number of carbonyl (C=O) groups is 1. The number of ether oxygens (including phenoxy) is 4. The number of carbonyl (C=O) groups excluding carboxylic acids is 1. The Morgan fingerprint density at radius 2 is 1.68 bits per heavy atom. The highest BCUT2D eigenvalue weighted by atomic mass is 16.7. The van der Waals surface area contributed by atoms with E-state index in [9.17, 15) is 4.79 Å². The molecule has 0 bridgehead atoms. The van der Waals surface area contributed by atoms with Crippen molar-refractivity contribution >= 4 is 5.91 Å². The molecule has 1 fully saturated rings. The quantitative estimate of drug-likeness (QED) is 0.754. The van der Waals surface area contributed by atoms with Gasteiger partial charge in [-0.15, -0.1) is 0 Å². The molecular weight excluding hydrogens is 358 g/mol. The minimum Gasteiger partial charge on any atom is -0.497 e. The Bertz CT molecular complexity index is 838. The maximum absolute atomic E-state index is 13.5.